The first-order valence-corrected chi connectivity index (χ1v) is 15.3. The zero-order chi connectivity index (χ0) is 28.1. The zero-order valence-corrected chi connectivity index (χ0v) is 24.8. The summed E-state index contributed by atoms with van der Waals surface area (Å²) in [5, 5.41) is 0. The third-order valence-electron chi connectivity index (χ3n) is 7.22. The van der Waals surface area contributed by atoms with E-state index < -0.39 is 9.84 Å². The normalized spacial score (nSPS) is 14.2. The van der Waals surface area contributed by atoms with Gasteiger partial charge in [0.15, 0.2) is 21.3 Å². The third kappa shape index (κ3) is 7.51. The predicted octanol–water partition coefficient (Wildman–Crippen LogP) is 6.85. The molecule has 216 valence electrons. The Kier molecular flexibility index (Phi) is 9.78. The Labute approximate surface area is 248 Å². The molecule has 0 bridgehead atoms. The Morgan fingerprint density at radius 1 is 0.927 bits per heavy atom. The molecule has 1 aliphatic rings. The van der Waals surface area contributed by atoms with Gasteiger partial charge in [-0.2, -0.15) is 0 Å². The van der Waals surface area contributed by atoms with E-state index in [1.807, 2.05) is 54.6 Å². The van der Waals surface area contributed by atoms with Crippen LogP contribution >= 0.6 is 12.4 Å². The van der Waals surface area contributed by atoms with Crippen molar-refractivity contribution in [2.45, 2.75) is 49.2 Å². The Balaban J connectivity index is 0.00000387. The van der Waals surface area contributed by atoms with E-state index in [1.54, 1.807) is 31.6 Å². The number of aromatic nitrogens is 1. The van der Waals surface area contributed by atoms with Crippen LogP contribution in [-0.4, -0.2) is 32.9 Å². The van der Waals surface area contributed by atoms with Crippen molar-refractivity contribution in [1.82, 2.24) is 4.98 Å². The van der Waals surface area contributed by atoms with Gasteiger partial charge in [-0.1, -0.05) is 24.3 Å². The second-order valence-corrected chi connectivity index (χ2v) is 12.2. The molecule has 1 atom stereocenters. The standard InChI is InChI=1S/C32H34N2O5S.ClH/c1-37-30-14-9-24(20-32(30)39-25-5-3-4-6-25)31(19-22-15-17-34-18-16-22)38-26-10-7-23(8-11-26)28-13-12-27(21-29(28)33)40(2,35)36;/h7-18,20-21,25,31H,3-6,19,33H2,1-2H3;1H/t31-;/m0./s1. The summed E-state index contributed by atoms with van der Waals surface area (Å²) in [6.45, 7) is 0. The molecule has 9 heteroatoms. The van der Waals surface area contributed by atoms with E-state index in [2.05, 4.69) is 4.98 Å². The van der Waals surface area contributed by atoms with Gasteiger partial charge in [0.1, 0.15) is 11.9 Å². The monoisotopic (exact) mass is 594 g/mol. The number of benzene rings is 3. The predicted molar refractivity (Wildman–Crippen MR) is 164 cm³/mol. The zero-order valence-electron chi connectivity index (χ0n) is 23.2. The number of rotatable bonds is 10. The van der Waals surface area contributed by atoms with Crippen molar-refractivity contribution in [2.24, 2.45) is 0 Å². The maximum Gasteiger partial charge on any atom is 0.175 e. The minimum absolute atomic E-state index is 0. The smallest absolute Gasteiger partial charge is 0.175 e. The molecule has 41 heavy (non-hydrogen) atoms. The molecule has 0 spiro atoms. The SMILES string of the molecule is COc1ccc([C@H](Cc2ccncc2)Oc2ccc(-c3ccc(S(C)(=O)=O)cc3N)cc2)cc1OC1CCCC1.Cl. The highest BCUT2D eigenvalue weighted by Gasteiger charge is 2.22. The van der Waals surface area contributed by atoms with Gasteiger partial charge in [-0.3, -0.25) is 4.98 Å². The van der Waals surface area contributed by atoms with Gasteiger partial charge >= 0.3 is 0 Å². The van der Waals surface area contributed by atoms with Crippen LogP contribution in [-0.2, 0) is 16.3 Å². The minimum atomic E-state index is -3.33. The summed E-state index contributed by atoms with van der Waals surface area (Å²) in [6, 6.07) is 22.4. The molecule has 0 saturated heterocycles. The second-order valence-electron chi connectivity index (χ2n) is 10.1. The Hall–Kier alpha value is -3.75. The van der Waals surface area contributed by atoms with E-state index in [9.17, 15) is 8.42 Å². The highest BCUT2D eigenvalue weighted by molar-refractivity contribution is 7.90. The molecular weight excluding hydrogens is 560 g/mol. The van der Waals surface area contributed by atoms with Crippen LogP contribution < -0.4 is 19.9 Å². The average Bonchev–Trinajstić information content (AvgIpc) is 3.46. The minimum Gasteiger partial charge on any atom is -0.493 e. The van der Waals surface area contributed by atoms with Gasteiger partial charge in [0, 0.05) is 36.3 Å². The fraction of sp³-hybridized carbons (Fsp3) is 0.281. The summed E-state index contributed by atoms with van der Waals surface area (Å²) in [6.07, 6.45) is 9.76. The number of halogens is 1. The van der Waals surface area contributed by atoms with E-state index in [4.69, 9.17) is 19.9 Å². The molecule has 5 rings (SSSR count). The highest BCUT2D eigenvalue weighted by Crippen LogP contribution is 2.37. The van der Waals surface area contributed by atoms with Crippen LogP contribution in [0.15, 0.2) is 90.1 Å². The first-order valence-electron chi connectivity index (χ1n) is 13.4. The Morgan fingerprint density at radius 3 is 2.27 bits per heavy atom. The number of hydrogen-bond acceptors (Lipinski definition) is 7. The van der Waals surface area contributed by atoms with Crippen molar-refractivity contribution in [3.05, 3.63) is 96.3 Å². The number of pyridine rings is 1. The maximum atomic E-state index is 11.9. The van der Waals surface area contributed by atoms with Gasteiger partial charge in [-0.05, 0) is 90.9 Å². The lowest BCUT2D eigenvalue weighted by Gasteiger charge is -2.23. The van der Waals surface area contributed by atoms with Crippen LogP contribution in [0.1, 0.15) is 42.9 Å². The van der Waals surface area contributed by atoms with Crippen molar-refractivity contribution >= 4 is 27.9 Å². The average molecular weight is 595 g/mol. The van der Waals surface area contributed by atoms with E-state index in [0.717, 1.165) is 40.8 Å². The number of nitrogens with zero attached hydrogens (tertiary/aromatic N) is 1. The fourth-order valence-electron chi connectivity index (χ4n) is 5.04. The van der Waals surface area contributed by atoms with Crippen molar-refractivity contribution in [3.8, 4) is 28.4 Å². The topological polar surface area (TPSA) is 101 Å². The molecule has 2 N–H and O–H groups in total. The van der Waals surface area contributed by atoms with E-state index in [1.165, 1.54) is 25.2 Å². The second kappa shape index (κ2) is 13.3. The van der Waals surface area contributed by atoms with E-state index in [0.29, 0.717) is 23.6 Å². The van der Waals surface area contributed by atoms with Crippen molar-refractivity contribution in [2.75, 3.05) is 19.1 Å². The number of methoxy groups -OCH3 is 1. The van der Waals surface area contributed by atoms with Gasteiger partial charge in [-0.15, -0.1) is 12.4 Å². The fourth-order valence-corrected chi connectivity index (χ4v) is 5.70. The first-order chi connectivity index (χ1) is 19.3. The molecule has 1 heterocycles. The number of nitrogen functional groups attached to an aromatic ring is 1. The maximum absolute atomic E-state index is 11.9. The van der Waals surface area contributed by atoms with Crippen LogP contribution in [0.25, 0.3) is 11.1 Å². The lowest BCUT2D eigenvalue weighted by Crippen LogP contribution is -2.14. The van der Waals surface area contributed by atoms with Crippen LogP contribution in [0.5, 0.6) is 17.2 Å². The van der Waals surface area contributed by atoms with Crippen LogP contribution in [0.2, 0.25) is 0 Å². The summed E-state index contributed by atoms with van der Waals surface area (Å²) >= 11 is 0. The molecule has 1 saturated carbocycles. The summed E-state index contributed by atoms with van der Waals surface area (Å²) in [7, 11) is -1.67. The molecule has 1 aromatic heterocycles. The Morgan fingerprint density at radius 2 is 1.63 bits per heavy atom. The van der Waals surface area contributed by atoms with Gasteiger partial charge in [0.25, 0.3) is 0 Å². The molecule has 1 fully saturated rings. The molecule has 3 aromatic carbocycles. The summed E-state index contributed by atoms with van der Waals surface area (Å²) in [5.74, 6) is 2.14. The lowest BCUT2D eigenvalue weighted by molar-refractivity contribution is 0.193. The van der Waals surface area contributed by atoms with Crippen molar-refractivity contribution in [3.63, 3.8) is 0 Å². The number of sulfone groups is 1. The third-order valence-corrected chi connectivity index (χ3v) is 8.33. The lowest BCUT2D eigenvalue weighted by atomic mass is 10.0. The number of nitrogens with two attached hydrogens (primary N) is 1. The summed E-state index contributed by atoms with van der Waals surface area (Å²) in [5.41, 5.74) is 10.3. The molecule has 0 amide bonds. The quantitative estimate of drug-likeness (QED) is 0.200. The molecule has 4 aromatic rings. The summed E-state index contributed by atoms with van der Waals surface area (Å²) in [4.78, 5) is 4.34. The van der Waals surface area contributed by atoms with Crippen LogP contribution in [0.4, 0.5) is 5.69 Å². The summed E-state index contributed by atoms with van der Waals surface area (Å²) < 4.78 is 42.3. The Bertz CT molecular complexity index is 1560. The molecule has 1 aliphatic carbocycles. The number of ether oxygens (including phenoxy) is 3. The van der Waals surface area contributed by atoms with Gasteiger partial charge < -0.3 is 19.9 Å². The molecule has 0 unspecified atom stereocenters. The van der Waals surface area contributed by atoms with Crippen molar-refractivity contribution in [1.29, 1.82) is 0 Å². The van der Waals surface area contributed by atoms with Gasteiger partial charge in [-0.25, -0.2) is 8.42 Å². The molecule has 0 aliphatic heterocycles. The van der Waals surface area contributed by atoms with Crippen LogP contribution in [0.3, 0.4) is 0 Å². The van der Waals surface area contributed by atoms with Crippen molar-refractivity contribution < 1.29 is 22.6 Å². The van der Waals surface area contributed by atoms with E-state index in [-0.39, 0.29) is 29.5 Å². The largest absolute Gasteiger partial charge is 0.493 e. The van der Waals surface area contributed by atoms with E-state index >= 15 is 0 Å². The molecular formula is C32H35ClN2O5S. The first kappa shape index (κ1) is 30.2. The number of hydrogen-bond donors (Lipinski definition) is 1. The van der Waals surface area contributed by atoms with Gasteiger partial charge in [0.2, 0.25) is 0 Å². The molecule has 7 nitrogen and oxygen atoms in total. The van der Waals surface area contributed by atoms with Crippen LogP contribution in [0, 0.1) is 0 Å². The molecule has 0 radical (unpaired) electrons. The van der Waals surface area contributed by atoms with Gasteiger partial charge in [0.05, 0.1) is 18.1 Å². The number of anilines is 1. The highest BCUT2D eigenvalue weighted by atomic mass is 35.5.